The van der Waals surface area contributed by atoms with Crippen LogP contribution in [0.3, 0.4) is 0 Å². The molecule has 3 heteroatoms. The van der Waals surface area contributed by atoms with Gasteiger partial charge in [-0.2, -0.15) is 0 Å². The van der Waals surface area contributed by atoms with Crippen molar-refractivity contribution in [3.8, 4) is 0 Å². The molecule has 0 saturated carbocycles. The highest BCUT2D eigenvalue weighted by Gasteiger charge is 2.01. The highest BCUT2D eigenvalue weighted by molar-refractivity contribution is 4.97. The van der Waals surface area contributed by atoms with Crippen LogP contribution in [0.1, 0.15) is 26.0 Å². The number of hydrogen-bond acceptors (Lipinski definition) is 3. The summed E-state index contributed by atoms with van der Waals surface area (Å²) in [5.41, 5.74) is 0. The maximum absolute atomic E-state index is 5.31. The summed E-state index contributed by atoms with van der Waals surface area (Å²) in [5.74, 6) is 1.78. The average molecular weight is 224 g/mol. The lowest BCUT2D eigenvalue weighted by Crippen LogP contribution is -2.25. The molecule has 1 aromatic heterocycles. The minimum absolute atomic E-state index is 0.737. The largest absolute Gasteiger partial charge is 0.468 e. The van der Waals surface area contributed by atoms with Crippen molar-refractivity contribution in [2.75, 3.05) is 26.7 Å². The molecule has 0 amide bonds. The summed E-state index contributed by atoms with van der Waals surface area (Å²) in [6, 6.07) is 3.96. The van der Waals surface area contributed by atoms with Gasteiger partial charge in [-0.15, -0.1) is 0 Å². The molecule has 0 atom stereocenters. The predicted molar refractivity (Wildman–Crippen MR) is 67.4 cm³/mol. The van der Waals surface area contributed by atoms with Crippen LogP contribution in [-0.4, -0.2) is 31.6 Å². The van der Waals surface area contributed by atoms with Crippen molar-refractivity contribution in [3.05, 3.63) is 24.2 Å². The first kappa shape index (κ1) is 13.3. The predicted octanol–water partition coefficient (Wildman–Crippen LogP) is 2.35. The molecule has 0 radical (unpaired) electrons. The Kier molecular flexibility index (Phi) is 6.19. The molecule has 1 aromatic rings. The molecular weight excluding hydrogens is 200 g/mol. The molecule has 0 aromatic carbocycles. The average Bonchev–Trinajstić information content (AvgIpc) is 2.69. The van der Waals surface area contributed by atoms with E-state index in [1.165, 1.54) is 6.42 Å². The second-order valence-electron chi connectivity index (χ2n) is 4.77. The van der Waals surface area contributed by atoms with Gasteiger partial charge in [-0.3, -0.25) is 4.90 Å². The summed E-state index contributed by atoms with van der Waals surface area (Å²) < 4.78 is 5.31. The topological polar surface area (TPSA) is 28.4 Å². The van der Waals surface area contributed by atoms with E-state index >= 15 is 0 Å². The van der Waals surface area contributed by atoms with Gasteiger partial charge in [-0.1, -0.05) is 13.8 Å². The van der Waals surface area contributed by atoms with Crippen LogP contribution < -0.4 is 5.32 Å². The number of nitrogens with zero attached hydrogens (tertiary/aromatic N) is 1. The second-order valence-corrected chi connectivity index (χ2v) is 4.77. The first-order valence-corrected chi connectivity index (χ1v) is 6.10. The Morgan fingerprint density at radius 2 is 2.25 bits per heavy atom. The van der Waals surface area contributed by atoms with Crippen molar-refractivity contribution >= 4 is 0 Å². The summed E-state index contributed by atoms with van der Waals surface area (Å²) in [7, 11) is 2.13. The van der Waals surface area contributed by atoms with Crippen LogP contribution in [0, 0.1) is 5.92 Å². The van der Waals surface area contributed by atoms with Gasteiger partial charge in [0.15, 0.2) is 0 Å². The molecule has 0 aliphatic rings. The molecule has 0 aliphatic carbocycles. The smallest absolute Gasteiger partial charge is 0.117 e. The minimum Gasteiger partial charge on any atom is -0.468 e. The fourth-order valence-electron chi connectivity index (χ4n) is 1.61. The van der Waals surface area contributed by atoms with Crippen LogP contribution in [0.25, 0.3) is 0 Å². The fraction of sp³-hybridized carbons (Fsp3) is 0.692. The van der Waals surface area contributed by atoms with Crippen molar-refractivity contribution in [1.82, 2.24) is 10.2 Å². The zero-order chi connectivity index (χ0) is 11.8. The van der Waals surface area contributed by atoms with E-state index < -0.39 is 0 Å². The van der Waals surface area contributed by atoms with E-state index in [2.05, 4.69) is 31.1 Å². The Morgan fingerprint density at radius 3 is 2.88 bits per heavy atom. The number of hydrogen-bond donors (Lipinski definition) is 1. The molecule has 92 valence electrons. The van der Waals surface area contributed by atoms with Gasteiger partial charge in [0.25, 0.3) is 0 Å². The van der Waals surface area contributed by atoms with Gasteiger partial charge in [0.05, 0.1) is 12.8 Å². The Labute approximate surface area is 98.8 Å². The quantitative estimate of drug-likeness (QED) is 0.687. The fourth-order valence-corrected chi connectivity index (χ4v) is 1.61. The van der Waals surface area contributed by atoms with Crippen LogP contribution in [0.5, 0.6) is 0 Å². The van der Waals surface area contributed by atoms with E-state index in [4.69, 9.17) is 4.42 Å². The van der Waals surface area contributed by atoms with Gasteiger partial charge >= 0.3 is 0 Å². The van der Waals surface area contributed by atoms with Gasteiger partial charge in [0.2, 0.25) is 0 Å². The molecule has 0 unspecified atom stereocenters. The molecule has 0 fully saturated rings. The highest BCUT2D eigenvalue weighted by Crippen LogP contribution is 2.03. The molecule has 1 heterocycles. The molecule has 0 aliphatic heterocycles. The van der Waals surface area contributed by atoms with E-state index in [0.29, 0.717) is 0 Å². The second kappa shape index (κ2) is 7.47. The first-order chi connectivity index (χ1) is 7.68. The lowest BCUT2D eigenvalue weighted by Gasteiger charge is -2.15. The Balaban J connectivity index is 2.00. The van der Waals surface area contributed by atoms with Crippen LogP contribution in [0.4, 0.5) is 0 Å². The Hall–Kier alpha value is -0.800. The normalized spacial score (nSPS) is 11.6. The summed E-state index contributed by atoms with van der Waals surface area (Å²) >= 11 is 0. The van der Waals surface area contributed by atoms with E-state index in [1.807, 2.05) is 12.1 Å². The zero-order valence-electron chi connectivity index (χ0n) is 10.7. The molecule has 0 bridgehead atoms. The molecule has 0 spiro atoms. The lowest BCUT2D eigenvalue weighted by atomic mass is 10.2. The van der Waals surface area contributed by atoms with Crippen molar-refractivity contribution in [3.63, 3.8) is 0 Å². The summed E-state index contributed by atoms with van der Waals surface area (Å²) in [5, 5.41) is 3.45. The number of furan rings is 1. The van der Waals surface area contributed by atoms with E-state index in [-0.39, 0.29) is 0 Å². The van der Waals surface area contributed by atoms with Gasteiger partial charge < -0.3 is 9.73 Å². The molecule has 1 N–H and O–H groups in total. The van der Waals surface area contributed by atoms with Crippen LogP contribution in [0.2, 0.25) is 0 Å². The number of nitrogens with one attached hydrogen (secondary N) is 1. The van der Waals surface area contributed by atoms with Crippen LogP contribution in [-0.2, 0) is 6.54 Å². The summed E-state index contributed by atoms with van der Waals surface area (Å²) in [6.07, 6.45) is 2.91. The first-order valence-electron chi connectivity index (χ1n) is 6.10. The van der Waals surface area contributed by atoms with Crippen molar-refractivity contribution in [2.24, 2.45) is 5.92 Å². The van der Waals surface area contributed by atoms with E-state index in [1.54, 1.807) is 6.26 Å². The van der Waals surface area contributed by atoms with E-state index in [0.717, 1.165) is 37.9 Å². The molecular formula is C13H24N2O. The molecule has 3 nitrogen and oxygen atoms in total. The van der Waals surface area contributed by atoms with Gasteiger partial charge in [-0.05, 0) is 51.2 Å². The Morgan fingerprint density at radius 1 is 1.44 bits per heavy atom. The van der Waals surface area contributed by atoms with Crippen LogP contribution in [0.15, 0.2) is 22.8 Å². The van der Waals surface area contributed by atoms with Crippen molar-refractivity contribution in [1.29, 1.82) is 0 Å². The monoisotopic (exact) mass is 224 g/mol. The van der Waals surface area contributed by atoms with Crippen molar-refractivity contribution in [2.45, 2.75) is 26.8 Å². The van der Waals surface area contributed by atoms with Gasteiger partial charge in [-0.25, -0.2) is 0 Å². The van der Waals surface area contributed by atoms with Gasteiger partial charge in [0.1, 0.15) is 5.76 Å². The third kappa shape index (κ3) is 5.93. The molecule has 16 heavy (non-hydrogen) atoms. The van der Waals surface area contributed by atoms with Crippen LogP contribution >= 0.6 is 0 Å². The maximum Gasteiger partial charge on any atom is 0.117 e. The summed E-state index contributed by atoms with van der Waals surface area (Å²) in [4.78, 5) is 2.29. The SMILES string of the molecule is CC(C)CNCCCN(C)Cc1ccco1. The summed E-state index contributed by atoms with van der Waals surface area (Å²) in [6.45, 7) is 8.68. The van der Waals surface area contributed by atoms with E-state index in [9.17, 15) is 0 Å². The lowest BCUT2D eigenvalue weighted by molar-refractivity contribution is 0.289. The highest BCUT2D eigenvalue weighted by atomic mass is 16.3. The third-order valence-corrected chi connectivity index (χ3v) is 2.45. The maximum atomic E-state index is 5.31. The zero-order valence-corrected chi connectivity index (χ0v) is 10.7. The third-order valence-electron chi connectivity index (χ3n) is 2.45. The Bertz CT molecular complexity index is 257. The van der Waals surface area contributed by atoms with Gasteiger partial charge in [0, 0.05) is 0 Å². The number of rotatable bonds is 8. The molecule has 1 rings (SSSR count). The minimum atomic E-state index is 0.737. The molecule has 0 saturated heterocycles. The standard InChI is InChI=1S/C13H24N2O/c1-12(2)10-14-7-5-8-15(3)11-13-6-4-9-16-13/h4,6,9,12,14H,5,7-8,10-11H2,1-3H3. The van der Waals surface area contributed by atoms with Crippen molar-refractivity contribution < 1.29 is 4.42 Å².